The first kappa shape index (κ1) is 16.5. The Morgan fingerprint density at radius 1 is 1.33 bits per heavy atom. The molecule has 4 nitrogen and oxygen atoms in total. The van der Waals surface area contributed by atoms with Gasteiger partial charge < -0.3 is 10.2 Å². The molecule has 114 valence electrons. The molecule has 0 radical (unpaired) electrons. The maximum absolute atomic E-state index is 12.8. The van der Waals surface area contributed by atoms with E-state index < -0.39 is 6.04 Å². The van der Waals surface area contributed by atoms with E-state index in [2.05, 4.69) is 27.9 Å². The molecule has 0 aliphatic carbocycles. The van der Waals surface area contributed by atoms with Crippen LogP contribution < -0.4 is 10.2 Å². The summed E-state index contributed by atoms with van der Waals surface area (Å²) in [5.74, 6) is -0.219. The molecule has 1 unspecified atom stereocenters. The monoisotopic (exact) mass is 420 g/mol. The highest BCUT2D eigenvalue weighted by molar-refractivity contribution is 14.1. The Bertz CT molecular complexity index is 584. The van der Waals surface area contributed by atoms with Crippen molar-refractivity contribution in [1.82, 2.24) is 5.32 Å². The number of benzene rings is 1. The average Bonchev–Trinajstić information content (AvgIpc) is 2.50. The van der Waals surface area contributed by atoms with E-state index in [0.717, 1.165) is 3.57 Å². The standard InChI is InChI=1S/C15H18ClIN2O2/c1-15(2,3)13-14(21)19(7-6-12(20)18-13)11-5-4-9(17)8-10(11)16/h4-5,8,13H,6-7H2,1-3H3,(H,18,20). The lowest BCUT2D eigenvalue weighted by Crippen LogP contribution is -2.52. The Kier molecular flexibility index (Phi) is 4.82. The quantitative estimate of drug-likeness (QED) is 0.709. The van der Waals surface area contributed by atoms with Crippen LogP contribution in [0.25, 0.3) is 0 Å². The fraction of sp³-hybridized carbons (Fsp3) is 0.467. The van der Waals surface area contributed by atoms with Crippen LogP contribution in [-0.4, -0.2) is 24.4 Å². The Morgan fingerprint density at radius 3 is 2.57 bits per heavy atom. The fourth-order valence-corrected chi connectivity index (χ4v) is 3.26. The molecule has 2 amide bonds. The number of amides is 2. The van der Waals surface area contributed by atoms with Gasteiger partial charge in [0.15, 0.2) is 0 Å². The predicted molar refractivity (Wildman–Crippen MR) is 92.5 cm³/mol. The summed E-state index contributed by atoms with van der Waals surface area (Å²) in [4.78, 5) is 26.3. The van der Waals surface area contributed by atoms with Crippen LogP contribution in [0, 0.1) is 8.99 Å². The summed E-state index contributed by atoms with van der Waals surface area (Å²) in [6.45, 7) is 6.16. The Morgan fingerprint density at radius 2 is 2.00 bits per heavy atom. The smallest absolute Gasteiger partial charge is 0.250 e. The van der Waals surface area contributed by atoms with Crippen molar-refractivity contribution in [2.45, 2.75) is 33.2 Å². The first-order valence-corrected chi connectivity index (χ1v) is 8.21. The van der Waals surface area contributed by atoms with E-state index in [1.165, 1.54) is 0 Å². The molecule has 1 atom stereocenters. The van der Waals surface area contributed by atoms with Crippen molar-refractivity contribution in [2.75, 3.05) is 11.4 Å². The number of hydrogen-bond acceptors (Lipinski definition) is 2. The van der Waals surface area contributed by atoms with E-state index in [1.54, 1.807) is 4.90 Å². The number of carbonyl (C=O) groups excluding carboxylic acids is 2. The molecular formula is C15H18ClIN2O2. The molecule has 1 N–H and O–H groups in total. The van der Waals surface area contributed by atoms with Gasteiger partial charge in [-0.1, -0.05) is 32.4 Å². The zero-order valence-electron chi connectivity index (χ0n) is 12.2. The average molecular weight is 421 g/mol. The van der Waals surface area contributed by atoms with E-state index >= 15 is 0 Å². The van der Waals surface area contributed by atoms with Crippen LogP contribution in [0.1, 0.15) is 27.2 Å². The molecule has 1 fully saturated rings. The first-order chi connectivity index (χ1) is 9.70. The summed E-state index contributed by atoms with van der Waals surface area (Å²) in [7, 11) is 0. The molecule has 1 aliphatic rings. The first-order valence-electron chi connectivity index (χ1n) is 6.76. The summed E-state index contributed by atoms with van der Waals surface area (Å²) in [5.41, 5.74) is 0.304. The number of nitrogens with one attached hydrogen (secondary N) is 1. The van der Waals surface area contributed by atoms with E-state index in [0.29, 0.717) is 17.3 Å². The molecule has 0 aromatic heterocycles. The van der Waals surface area contributed by atoms with E-state index in [4.69, 9.17) is 11.6 Å². The molecule has 1 heterocycles. The molecule has 1 saturated heterocycles. The van der Waals surface area contributed by atoms with Crippen LogP contribution in [0.15, 0.2) is 18.2 Å². The van der Waals surface area contributed by atoms with Crippen LogP contribution in [0.5, 0.6) is 0 Å². The van der Waals surface area contributed by atoms with E-state index in [-0.39, 0.29) is 23.7 Å². The van der Waals surface area contributed by atoms with Crippen molar-refractivity contribution >= 4 is 51.7 Å². The van der Waals surface area contributed by atoms with Crippen molar-refractivity contribution in [3.8, 4) is 0 Å². The minimum absolute atomic E-state index is 0.104. The molecule has 1 aromatic rings. The van der Waals surface area contributed by atoms with Crippen molar-refractivity contribution in [3.05, 3.63) is 26.8 Å². The molecule has 1 aliphatic heterocycles. The van der Waals surface area contributed by atoms with Crippen molar-refractivity contribution in [2.24, 2.45) is 5.41 Å². The highest BCUT2D eigenvalue weighted by atomic mass is 127. The normalized spacial score (nSPS) is 20.2. The molecule has 2 rings (SSSR count). The van der Waals surface area contributed by atoms with Gasteiger partial charge in [0.05, 0.1) is 10.7 Å². The van der Waals surface area contributed by atoms with Gasteiger partial charge in [-0.05, 0) is 46.2 Å². The van der Waals surface area contributed by atoms with Gasteiger partial charge in [-0.2, -0.15) is 0 Å². The van der Waals surface area contributed by atoms with Crippen LogP contribution >= 0.6 is 34.2 Å². The minimum Gasteiger partial charge on any atom is -0.344 e. The molecule has 0 saturated carbocycles. The summed E-state index contributed by atoms with van der Waals surface area (Å²) < 4.78 is 1.00. The largest absolute Gasteiger partial charge is 0.344 e. The van der Waals surface area contributed by atoms with Gasteiger partial charge in [0.25, 0.3) is 0 Å². The predicted octanol–water partition coefficient (Wildman–Crippen LogP) is 3.21. The topological polar surface area (TPSA) is 49.4 Å². The second kappa shape index (κ2) is 6.12. The summed E-state index contributed by atoms with van der Waals surface area (Å²) in [6.07, 6.45) is 0.278. The Hall–Kier alpha value is -0.820. The SMILES string of the molecule is CC(C)(C)C1NC(=O)CCN(c2ccc(I)cc2Cl)C1=O. The third-order valence-electron chi connectivity index (χ3n) is 3.45. The maximum atomic E-state index is 12.8. The minimum atomic E-state index is -0.553. The van der Waals surface area contributed by atoms with E-state index in [1.807, 2.05) is 39.0 Å². The zero-order chi connectivity index (χ0) is 15.8. The Labute approximate surface area is 143 Å². The zero-order valence-corrected chi connectivity index (χ0v) is 15.2. The number of anilines is 1. The number of carbonyl (C=O) groups is 2. The highest BCUT2D eigenvalue weighted by Crippen LogP contribution is 2.31. The Balaban J connectivity index is 2.42. The van der Waals surface area contributed by atoms with Crippen LogP contribution in [0.3, 0.4) is 0 Å². The van der Waals surface area contributed by atoms with Crippen LogP contribution in [-0.2, 0) is 9.59 Å². The van der Waals surface area contributed by atoms with Gasteiger partial charge in [-0.3, -0.25) is 9.59 Å². The van der Waals surface area contributed by atoms with Gasteiger partial charge in [0.1, 0.15) is 6.04 Å². The van der Waals surface area contributed by atoms with Crippen molar-refractivity contribution in [1.29, 1.82) is 0 Å². The number of rotatable bonds is 1. The summed E-state index contributed by atoms with van der Waals surface area (Å²) in [5, 5.41) is 3.35. The number of hydrogen-bond donors (Lipinski definition) is 1. The maximum Gasteiger partial charge on any atom is 0.250 e. The summed E-state index contributed by atoms with van der Waals surface area (Å²) in [6, 6.07) is 5.00. The molecule has 0 spiro atoms. The van der Waals surface area contributed by atoms with Gasteiger partial charge in [-0.25, -0.2) is 0 Å². The van der Waals surface area contributed by atoms with Crippen LogP contribution in [0.4, 0.5) is 5.69 Å². The van der Waals surface area contributed by atoms with Gasteiger partial charge in [-0.15, -0.1) is 0 Å². The second-order valence-corrected chi connectivity index (χ2v) is 7.85. The molecule has 21 heavy (non-hydrogen) atoms. The number of halogens is 2. The lowest BCUT2D eigenvalue weighted by molar-refractivity contribution is -0.127. The highest BCUT2D eigenvalue weighted by Gasteiger charge is 2.38. The molecule has 6 heteroatoms. The lowest BCUT2D eigenvalue weighted by Gasteiger charge is -2.32. The van der Waals surface area contributed by atoms with Gasteiger partial charge >= 0.3 is 0 Å². The number of nitrogens with zero attached hydrogens (tertiary/aromatic N) is 1. The van der Waals surface area contributed by atoms with E-state index in [9.17, 15) is 9.59 Å². The molecule has 1 aromatic carbocycles. The van der Waals surface area contributed by atoms with Crippen LogP contribution in [0.2, 0.25) is 5.02 Å². The van der Waals surface area contributed by atoms with Crippen molar-refractivity contribution in [3.63, 3.8) is 0 Å². The molecule has 0 bridgehead atoms. The lowest BCUT2D eigenvalue weighted by atomic mass is 9.86. The van der Waals surface area contributed by atoms with Gasteiger partial charge in [0.2, 0.25) is 11.8 Å². The van der Waals surface area contributed by atoms with Crippen molar-refractivity contribution < 1.29 is 9.59 Å². The summed E-state index contributed by atoms with van der Waals surface area (Å²) >= 11 is 8.45. The fourth-order valence-electron chi connectivity index (χ4n) is 2.30. The second-order valence-electron chi connectivity index (χ2n) is 6.20. The third kappa shape index (κ3) is 3.69. The molecular weight excluding hydrogens is 403 g/mol. The van der Waals surface area contributed by atoms with Gasteiger partial charge in [0, 0.05) is 16.5 Å². The third-order valence-corrected chi connectivity index (χ3v) is 4.42.